The molecular weight excluding hydrogens is 802 g/mol. The summed E-state index contributed by atoms with van der Waals surface area (Å²) >= 11 is 7.09. The quantitative estimate of drug-likeness (QED) is 0.0388. The zero-order valence-electron chi connectivity index (χ0n) is 32.8. The van der Waals surface area contributed by atoms with Crippen LogP contribution in [-0.4, -0.2) is 83.6 Å². The van der Waals surface area contributed by atoms with Crippen LogP contribution in [0.1, 0.15) is 56.2 Å². The summed E-state index contributed by atoms with van der Waals surface area (Å²) in [6, 6.07) is 31.2. The van der Waals surface area contributed by atoms with Crippen LogP contribution in [0.25, 0.3) is 0 Å². The van der Waals surface area contributed by atoms with E-state index >= 15 is 0 Å². The summed E-state index contributed by atoms with van der Waals surface area (Å²) in [6.45, 7) is -1.06. The van der Waals surface area contributed by atoms with Crippen LogP contribution in [0, 0.1) is 0 Å². The van der Waals surface area contributed by atoms with Gasteiger partial charge in [-0.25, -0.2) is 4.57 Å². The van der Waals surface area contributed by atoms with Gasteiger partial charge in [-0.3, -0.25) is 13.8 Å². The van der Waals surface area contributed by atoms with Crippen molar-refractivity contribution in [3.63, 3.8) is 0 Å². The van der Waals surface area contributed by atoms with E-state index in [1.54, 1.807) is 38.5 Å². The van der Waals surface area contributed by atoms with E-state index in [4.69, 9.17) is 56.9 Å². The number of carbonyl (C=O) groups excluding carboxylic acids is 2. The van der Waals surface area contributed by atoms with Gasteiger partial charge in [-0.1, -0.05) is 66.2 Å². The molecule has 0 bridgehead atoms. The zero-order chi connectivity index (χ0) is 41.3. The third kappa shape index (κ3) is 11.1. The molecule has 2 aliphatic rings. The van der Waals surface area contributed by atoms with E-state index in [-0.39, 0.29) is 44.4 Å². The normalized spacial score (nSPS) is 22.9. The number of benzene rings is 4. The Labute approximate surface area is 350 Å². The molecule has 7 atom stereocenters. The summed E-state index contributed by atoms with van der Waals surface area (Å²) in [5, 5.41) is 0.506. The maximum Gasteiger partial charge on any atom is 0.394 e. The third-order valence-electron chi connectivity index (χ3n) is 9.91. The number of ether oxygens (including phenoxy) is 6. The number of hydrogen-bond donors (Lipinski definition) is 0. The second-order valence-electron chi connectivity index (χ2n) is 14.1. The van der Waals surface area contributed by atoms with Gasteiger partial charge in [0.05, 0.1) is 46.1 Å². The Hall–Kier alpha value is -3.65. The first-order valence-electron chi connectivity index (χ1n) is 19.0. The Bertz CT molecular complexity index is 1960. The van der Waals surface area contributed by atoms with Crippen LogP contribution in [0.4, 0.5) is 0 Å². The highest BCUT2D eigenvalue weighted by Crippen LogP contribution is 2.65. The van der Waals surface area contributed by atoms with Gasteiger partial charge in [-0.05, 0) is 96.9 Å². The van der Waals surface area contributed by atoms with Crippen LogP contribution in [0.15, 0.2) is 108 Å². The topological polar surface area (TPSA) is 125 Å². The minimum atomic E-state index is -4.10. The van der Waals surface area contributed by atoms with Gasteiger partial charge in [0.15, 0.2) is 0 Å². The molecule has 15 heteroatoms. The van der Waals surface area contributed by atoms with Crippen molar-refractivity contribution in [2.45, 2.75) is 86.6 Å². The summed E-state index contributed by atoms with van der Waals surface area (Å²) in [7, 11) is 9.63. The van der Waals surface area contributed by atoms with Crippen LogP contribution in [-0.2, 0) is 47.8 Å². The maximum absolute atomic E-state index is 14.9. The Kier molecular flexibility index (Phi) is 15.2. The second kappa shape index (κ2) is 20.1. The first-order valence-corrected chi connectivity index (χ1v) is 22.4. The molecule has 0 saturated carbocycles. The molecule has 306 valence electrons. The summed E-state index contributed by atoms with van der Waals surface area (Å²) in [6.07, 6.45) is -2.64. The van der Waals surface area contributed by atoms with Gasteiger partial charge < -0.3 is 33.2 Å². The van der Waals surface area contributed by atoms with Crippen LogP contribution in [0.3, 0.4) is 0 Å². The van der Waals surface area contributed by atoms with E-state index in [9.17, 15) is 14.2 Å². The SMILES string of the molecule is [B][C@H]1C[C@@H](OP(=O)(OC[C@H]2O[C@@H](C)C[C@H]2OC(=O)CCC(C)=O)Sc2ccc(Cl)cc2)[C@@H](COC(c2ccccc2)(c2ccc(OC)cc2)c2ccc(OC)cc2)O1. The lowest BCUT2D eigenvalue weighted by Crippen LogP contribution is -2.38. The number of Topliss-reactive ketones (excluding diaryl/α,β-unsaturated/α-hetero) is 1. The molecule has 6 rings (SSSR count). The lowest BCUT2D eigenvalue weighted by molar-refractivity contribution is -0.153. The molecule has 58 heavy (non-hydrogen) atoms. The minimum Gasteiger partial charge on any atom is -0.497 e. The van der Waals surface area contributed by atoms with E-state index in [0.29, 0.717) is 27.8 Å². The van der Waals surface area contributed by atoms with Crippen LogP contribution in [0.5, 0.6) is 11.5 Å². The fourth-order valence-corrected chi connectivity index (χ4v) is 10.6. The standard InChI is InChI=1S/C43H47BClO11PS/c1-28(46)10-23-42(47)55-37-24-29(2)53-40(37)27-52-57(48,58-36-21-15-33(45)16-22-36)56-38-25-41(44)54-39(38)26-51-43(30-8-6-5-7-9-30,31-11-17-34(49-3)18-12-31)32-13-19-35(50-4)20-14-32/h5-9,11-22,29,37-41H,10,23-27H2,1-4H3/t29-,37+,38+,39+,40+,41+,57?/m0/s1. The van der Waals surface area contributed by atoms with Gasteiger partial charge in [-0.15, -0.1) is 0 Å². The molecule has 0 N–H and O–H groups in total. The van der Waals surface area contributed by atoms with E-state index in [2.05, 4.69) is 0 Å². The first-order chi connectivity index (χ1) is 27.9. The average molecular weight is 849 g/mol. The molecule has 2 saturated heterocycles. The van der Waals surface area contributed by atoms with E-state index < -0.39 is 48.8 Å². The highest BCUT2D eigenvalue weighted by atomic mass is 35.5. The second-order valence-corrected chi connectivity index (χ2v) is 18.5. The summed E-state index contributed by atoms with van der Waals surface area (Å²) < 4.78 is 63.6. The number of halogens is 1. The monoisotopic (exact) mass is 848 g/mol. The molecule has 4 aromatic carbocycles. The number of rotatable bonds is 19. The van der Waals surface area contributed by atoms with Crippen molar-refractivity contribution in [1.82, 2.24) is 0 Å². The number of ketones is 1. The smallest absolute Gasteiger partial charge is 0.394 e. The fourth-order valence-electron chi connectivity index (χ4n) is 7.02. The summed E-state index contributed by atoms with van der Waals surface area (Å²) in [4.78, 5) is 24.6. The van der Waals surface area contributed by atoms with Gasteiger partial charge in [0, 0.05) is 28.8 Å². The predicted molar refractivity (Wildman–Crippen MR) is 222 cm³/mol. The molecule has 11 nitrogen and oxygen atoms in total. The molecule has 0 aliphatic carbocycles. The van der Waals surface area contributed by atoms with Gasteiger partial charge in [0.25, 0.3) is 0 Å². The summed E-state index contributed by atoms with van der Waals surface area (Å²) in [5.74, 6) is 0.733. The van der Waals surface area contributed by atoms with Gasteiger partial charge in [-0.2, -0.15) is 0 Å². The molecule has 2 fully saturated rings. The largest absolute Gasteiger partial charge is 0.497 e. The lowest BCUT2D eigenvalue weighted by atomic mass is 9.80. The summed E-state index contributed by atoms with van der Waals surface area (Å²) in [5.41, 5.74) is 1.32. The van der Waals surface area contributed by atoms with Crippen LogP contribution < -0.4 is 9.47 Å². The van der Waals surface area contributed by atoms with Crippen LogP contribution >= 0.6 is 29.8 Å². The molecule has 2 heterocycles. The number of hydrogen-bond acceptors (Lipinski definition) is 12. The zero-order valence-corrected chi connectivity index (χ0v) is 35.3. The Balaban J connectivity index is 1.28. The minimum absolute atomic E-state index is 0.0293. The molecule has 4 aromatic rings. The Morgan fingerprint density at radius 2 is 1.38 bits per heavy atom. The van der Waals surface area contributed by atoms with E-state index in [0.717, 1.165) is 28.1 Å². The van der Waals surface area contributed by atoms with Gasteiger partial charge in [0.1, 0.15) is 49.0 Å². The first kappa shape index (κ1) is 43.9. The number of esters is 1. The predicted octanol–water partition coefficient (Wildman–Crippen LogP) is 8.71. The van der Waals surface area contributed by atoms with Crippen molar-refractivity contribution in [3.05, 3.63) is 125 Å². The number of methoxy groups -OCH3 is 2. The molecule has 2 aliphatic heterocycles. The molecule has 0 amide bonds. The molecular formula is C43H47BClO11PS. The maximum atomic E-state index is 14.9. The average Bonchev–Trinajstić information content (AvgIpc) is 3.76. The highest BCUT2D eigenvalue weighted by molar-refractivity contribution is 8.55. The molecule has 0 spiro atoms. The molecule has 0 aromatic heterocycles. The number of carbonyl (C=O) groups is 2. The van der Waals surface area contributed by atoms with E-state index in [1.165, 1.54) is 6.92 Å². The molecule has 2 radical (unpaired) electrons. The molecule has 1 unspecified atom stereocenters. The van der Waals surface area contributed by atoms with Gasteiger partial charge >= 0.3 is 12.8 Å². The third-order valence-corrected chi connectivity index (χ3v) is 13.7. The lowest BCUT2D eigenvalue weighted by Gasteiger charge is -2.37. The van der Waals surface area contributed by atoms with Crippen molar-refractivity contribution in [3.8, 4) is 11.5 Å². The van der Waals surface area contributed by atoms with Gasteiger partial charge in [0.2, 0.25) is 0 Å². The Morgan fingerprint density at radius 1 is 0.793 bits per heavy atom. The van der Waals surface area contributed by atoms with Crippen LogP contribution in [0.2, 0.25) is 5.02 Å². The fraction of sp³-hybridized carbons (Fsp3) is 0.395. The van der Waals surface area contributed by atoms with E-state index in [1.807, 2.05) is 85.8 Å². The van der Waals surface area contributed by atoms with Crippen molar-refractivity contribution < 1.29 is 51.6 Å². The highest BCUT2D eigenvalue weighted by Gasteiger charge is 2.45. The Morgan fingerprint density at radius 3 is 1.97 bits per heavy atom. The van der Waals surface area contributed by atoms with Crippen molar-refractivity contribution in [1.29, 1.82) is 0 Å². The van der Waals surface area contributed by atoms with Crippen molar-refractivity contribution in [2.75, 3.05) is 27.4 Å². The van der Waals surface area contributed by atoms with Crippen molar-refractivity contribution in [2.24, 2.45) is 0 Å². The van der Waals surface area contributed by atoms with Crippen molar-refractivity contribution >= 4 is 49.4 Å².